The zero-order valence-electron chi connectivity index (χ0n) is 12.0. The number of oxime groups is 1. The van der Waals surface area contributed by atoms with Crippen LogP contribution in [0.3, 0.4) is 0 Å². The zero-order chi connectivity index (χ0) is 15.8. The Morgan fingerprint density at radius 1 is 1.05 bits per heavy atom. The summed E-state index contributed by atoms with van der Waals surface area (Å²) in [6, 6.07) is 16.7. The normalized spacial score (nSPS) is 11.6. The van der Waals surface area contributed by atoms with Gasteiger partial charge in [0.2, 0.25) is 6.61 Å². The lowest BCUT2D eigenvalue weighted by Gasteiger charge is -2.04. The fourth-order valence-corrected chi connectivity index (χ4v) is 1.71. The first kappa shape index (κ1) is 15.4. The fourth-order valence-electron chi connectivity index (χ4n) is 1.71. The number of benzene rings is 2. The van der Waals surface area contributed by atoms with E-state index in [1.54, 1.807) is 13.0 Å². The summed E-state index contributed by atoms with van der Waals surface area (Å²) in [5, 5.41) is 20.7. The molecule has 2 rings (SSSR count). The topological polar surface area (TPSA) is 83.6 Å². The third-order valence-corrected chi connectivity index (χ3v) is 2.71. The van der Waals surface area contributed by atoms with E-state index >= 15 is 0 Å². The van der Waals surface area contributed by atoms with Crippen molar-refractivity contribution < 1.29 is 14.7 Å². The fraction of sp³-hybridized carbons (Fsp3) is 0.125. The largest absolute Gasteiger partial charge is 0.479 e. The molecule has 0 amide bonds. The van der Waals surface area contributed by atoms with Crippen molar-refractivity contribution in [2.24, 2.45) is 15.4 Å². The minimum absolute atomic E-state index is 0.481. The third-order valence-electron chi connectivity index (χ3n) is 2.71. The highest BCUT2D eigenvalue weighted by molar-refractivity contribution is 6.02. The van der Waals surface area contributed by atoms with Gasteiger partial charge in [-0.3, -0.25) is 0 Å². The van der Waals surface area contributed by atoms with E-state index in [1.807, 2.05) is 48.5 Å². The van der Waals surface area contributed by atoms with Gasteiger partial charge in [-0.2, -0.15) is 5.11 Å². The lowest BCUT2D eigenvalue weighted by Crippen LogP contribution is -2.05. The summed E-state index contributed by atoms with van der Waals surface area (Å²) in [4.78, 5) is 15.2. The summed E-state index contributed by atoms with van der Waals surface area (Å²) < 4.78 is 0. The molecule has 112 valence electrons. The Kier molecular flexibility index (Phi) is 5.37. The summed E-state index contributed by atoms with van der Waals surface area (Å²) in [6.45, 7) is 1.24. The highest BCUT2D eigenvalue weighted by Crippen LogP contribution is 2.22. The molecule has 22 heavy (non-hydrogen) atoms. The first-order valence-corrected chi connectivity index (χ1v) is 6.61. The molecule has 2 aromatic carbocycles. The molecule has 0 heterocycles. The van der Waals surface area contributed by atoms with E-state index in [0.29, 0.717) is 11.4 Å². The van der Waals surface area contributed by atoms with E-state index in [1.165, 1.54) is 0 Å². The van der Waals surface area contributed by atoms with Crippen molar-refractivity contribution in [3.05, 3.63) is 60.2 Å². The maximum Gasteiger partial charge on any atom is 0.344 e. The summed E-state index contributed by atoms with van der Waals surface area (Å²) in [5.41, 5.74) is 2.64. The maximum atomic E-state index is 10.4. The SMILES string of the molecule is CC(=NOCC(=O)O)c1ccccc1N=Nc1ccccc1. The highest BCUT2D eigenvalue weighted by atomic mass is 16.6. The molecule has 6 nitrogen and oxygen atoms in total. The van der Waals surface area contributed by atoms with E-state index in [9.17, 15) is 4.79 Å². The quantitative estimate of drug-likeness (QED) is 0.498. The number of aliphatic carboxylic acids is 1. The van der Waals surface area contributed by atoms with Crippen molar-refractivity contribution in [1.29, 1.82) is 0 Å². The Labute approximate surface area is 127 Å². The van der Waals surface area contributed by atoms with Gasteiger partial charge in [-0.15, -0.1) is 5.11 Å². The zero-order valence-corrected chi connectivity index (χ0v) is 12.0. The van der Waals surface area contributed by atoms with E-state index in [0.717, 1.165) is 11.3 Å². The number of hydrogen-bond acceptors (Lipinski definition) is 5. The molecule has 0 saturated heterocycles. The first-order valence-electron chi connectivity index (χ1n) is 6.61. The van der Waals surface area contributed by atoms with Crippen LogP contribution in [0.15, 0.2) is 70.0 Å². The molecule has 6 heteroatoms. The summed E-state index contributed by atoms with van der Waals surface area (Å²) in [5.74, 6) is -1.08. The van der Waals surface area contributed by atoms with Crippen LogP contribution in [-0.2, 0) is 9.63 Å². The standard InChI is InChI=1S/C16H15N3O3/c1-12(19-22-11-16(20)21)14-9-5-6-10-15(14)18-17-13-7-3-2-4-8-13/h2-10H,11H2,1H3,(H,20,21). The molecule has 0 saturated carbocycles. The van der Waals surface area contributed by atoms with Crippen LogP contribution in [0, 0.1) is 0 Å². The molecule has 0 aromatic heterocycles. The van der Waals surface area contributed by atoms with Crippen molar-refractivity contribution in [2.45, 2.75) is 6.92 Å². The summed E-state index contributed by atoms with van der Waals surface area (Å²) in [7, 11) is 0. The smallest absolute Gasteiger partial charge is 0.344 e. The molecule has 0 unspecified atom stereocenters. The Hall–Kier alpha value is -3.02. The van der Waals surface area contributed by atoms with E-state index < -0.39 is 12.6 Å². The van der Waals surface area contributed by atoms with Gasteiger partial charge in [-0.1, -0.05) is 41.6 Å². The summed E-state index contributed by atoms with van der Waals surface area (Å²) in [6.07, 6.45) is 0. The molecule has 1 N–H and O–H groups in total. The predicted octanol–water partition coefficient (Wildman–Crippen LogP) is 3.93. The second-order valence-corrected chi connectivity index (χ2v) is 4.40. The van der Waals surface area contributed by atoms with E-state index in [2.05, 4.69) is 15.4 Å². The first-order chi connectivity index (χ1) is 10.7. The molecule has 0 spiro atoms. The van der Waals surface area contributed by atoms with Gasteiger partial charge in [0.1, 0.15) is 0 Å². The minimum atomic E-state index is -1.08. The molecule has 0 atom stereocenters. The Balaban J connectivity index is 2.19. The Morgan fingerprint density at radius 3 is 2.45 bits per heavy atom. The average molecular weight is 297 g/mol. The second kappa shape index (κ2) is 7.68. The average Bonchev–Trinajstić information content (AvgIpc) is 2.54. The van der Waals surface area contributed by atoms with Gasteiger partial charge in [-0.05, 0) is 25.1 Å². The van der Waals surface area contributed by atoms with Crippen LogP contribution in [0.5, 0.6) is 0 Å². The van der Waals surface area contributed by atoms with Crippen molar-refractivity contribution in [3.8, 4) is 0 Å². The van der Waals surface area contributed by atoms with Crippen LogP contribution in [0.4, 0.5) is 11.4 Å². The molecule has 0 radical (unpaired) electrons. The molecule has 0 fully saturated rings. The highest BCUT2D eigenvalue weighted by Gasteiger charge is 2.05. The van der Waals surface area contributed by atoms with Gasteiger partial charge in [0, 0.05) is 5.56 Å². The molecule has 0 aliphatic heterocycles. The molecule has 0 aliphatic rings. The van der Waals surface area contributed by atoms with Gasteiger partial charge in [0.25, 0.3) is 0 Å². The van der Waals surface area contributed by atoms with Gasteiger partial charge < -0.3 is 9.94 Å². The van der Waals surface area contributed by atoms with Crippen molar-refractivity contribution in [3.63, 3.8) is 0 Å². The van der Waals surface area contributed by atoms with Crippen molar-refractivity contribution in [2.75, 3.05) is 6.61 Å². The Morgan fingerprint density at radius 2 is 1.73 bits per heavy atom. The molecular formula is C16H15N3O3. The van der Waals surface area contributed by atoms with Gasteiger partial charge in [-0.25, -0.2) is 4.79 Å². The maximum absolute atomic E-state index is 10.4. The number of rotatable bonds is 6. The van der Waals surface area contributed by atoms with Crippen LogP contribution in [0.2, 0.25) is 0 Å². The molecule has 0 bridgehead atoms. The lowest BCUT2D eigenvalue weighted by molar-refractivity contribution is -0.142. The number of hydrogen-bond donors (Lipinski definition) is 1. The summed E-state index contributed by atoms with van der Waals surface area (Å²) >= 11 is 0. The third kappa shape index (κ3) is 4.52. The number of nitrogens with zero attached hydrogens (tertiary/aromatic N) is 3. The van der Waals surface area contributed by atoms with Gasteiger partial charge in [0.05, 0.1) is 17.1 Å². The van der Waals surface area contributed by atoms with Crippen molar-refractivity contribution >= 4 is 23.1 Å². The van der Waals surface area contributed by atoms with Crippen LogP contribution >= 0.6 is 0 Å². The number of carbonyl (C=O) groups is 1. The predicted molar refractivity (Wildman–Crippen MR) is 82.9 cm³/mol. The minimum Gasteiger partial charge on any atom is -0.479 e. The van der Waals surface area contributed by atoms with Gasteiger partial charge in [0.15, 0.2) is 0 Å². The van der Waals surface area contributed by atoms with Crippen LogP contribution in [0.1, 0.15) is 12.5 Å². The number of carboxylic acid groups (broad SMARTS) is 1. The van der Waals surface area contributed by atoms with Crippen molar-refractivity contribution in [1.82, 2.24) is 0 Å². The second-order valence-electron chi connectivity index (χ2n) is 4.40. The number of carboxylic acids is 1. The lowest BCUT2D eigenvalue weighted by atomic mass is 10.1. The number of azo groups is 1. The van der Waals surface area contributed by atoms with Crippen LogP contribution < -0.4 is 0 Å². The molecule has 2 aromatic rings. The van der Waals surface area contributed by atoms with Crippen LogP contribution in [-0.4, -0.2) is 23.4 Å². The van der Waals surface area contributed by atoms with Gasteiger partial charge >= 0.3 is 5.97 Å². The molecular weight excluding hydrogens is 282 g/mol. The molecule has 0 aliphatic carbocycles. The van der Waals surface area contributed by atoms with Crippen LogP contribution in [0.25, 0.3) is 0 Å². The van der Waals surface area contributed by atoms with E-state index in [-0.39, 0.29) is 0 Å². The van der Waals surface area contributed by atoms with E-state index in [4.69, 9.17) is 9.94 Å². The monoisotopic (exact) mass is 297 g/mol. The Bertz CT molecular complexity index is 697.